The molecule has 0 saturated heterocycles. The fraction of sp³-hybridized carbons (Fsp3) is 0.333. The number of pyridine rings is 1. The van der Waals surface area contributed by atoms with Crippen LogP contribution in [0.15, 0.2) is 11.0 Å². The molecule has 0 bridgehead atoms. The SMILES string of the molecule is CC(=O)SCCC#Cc1c[nH]c(=O)c([N+](=O)[O-])c1C. The Morgan fingerprint density at radius 1 is 1.58 bits per heavy atom. The number of nitro groups is 1. The maximum atomic E-state index is 11.3. The van der Waals surface area contributed by atoms with Crippen LogP contribution in [0.3, 0.4) is 0 Å². The first-order valence-electron chi connectivity index (χ1n) is 5.42. The van der Waals surface area contributed by atoms with Crippen LogP contribution in [0.4, 0.5) is 5.69 Å². The number of nitrogens with zero attached hydrogens (tertiary/aromatic N) is 1. The van der Waals surface area contributed by atoms with E-state index in [9.17, 15) is 19.7 Å². The number of aromatic amines is 1. The second-order valence-electron chi connectivity index (χ2n) is 3.65. The molecule has 0 fully saturated rings. The van der Waals surface area contributed by atoms with E-state index in [1.807, 2.05) is 0 Å². The molecule has 1 N–H and O–H groups in total. The molecule has 1 aromatic rings. The molecule has 6 nitrogen and oxygen atoms in total. The Bertz CT molecular complexity index is 625. The quantitative estimate of drug-likeness (QED) is 0.393. The molecule has 0 aliphatic heterocycles. The molecule has 0 aliphatic rings. The second-order valence-corrected chi connectivity index (χ2v) is 4.93. The molecule has 0 aromatic carbocycles. The number of rotatable bonds is 3. The van der Waals surface area contributed by atoms with Gasteiger partial charge in [0.25, 0.3) is 0 Å². The van der Waals surface area contributed by atoms with Crippen LogP contribution in [0.5, 0.6) is 0 Å². The Hall–Kier alpha value is -2.07. The molecule has 1 rings (SSSR count). The third-order valence-corrected chi connectivity index (χ3v) is 3.07. The van der Waals surface area contributed by atoms with E-state index in [-0.39, 0.29) is 10.7 Å². The molecule has 0 atom stereocenters. The topological polar surface area (TPSA) is 93.1 Å². The third kappa shape index (κ3) is 4.26. The lowest BCUT2D eigenvalue weighted by Crippen LogP contribution is -2.13. The molecule has 0 unspecified atom stereocenters. The van der Waals surface area contributed by atoms with Crippen molar-refractivity contribution in [2.45, 2.75) is 20.3 Å². The maximum Gasteiger partial charge on any atom is 0.337 e. The Labute approximate surface area is 113 Å². The van der Waals surface area contributed by atoms with Crippen LogP contribution in [0.1, 0.15) is 24.5 Å². The predicted octanol–water partition coefficient (Wildman–Crippen LogP) is 1.61. The van der Waals surface area contributed by atoms with Crippen LogP contribution >= 0.6 is 11.8 Å². The van der Waals surface area contributed by atoms with Crippen LogP contribution < -0.4 is 5.56 Å². The van der Waals surface area contributed by atoms with E-state index in [1.54, 1.807) is 0 Å². The summed E-state index contributed by atoms with van der Waals surface area (Å²) in [5.74, 6) is 6.15. The molecule has 100 valence electrons. The molecule has 1 aromatic heterocycles. The van der Waals surface area contributed by atoms with Crippen molar-refractivity contribution in [1.29, 1.82) is 0 Å². The minimum Gasteiger partial charge on any atom is -0.322 e. The molecule has 0 saturated carbocycles. The number of aromatic nitrogens is 1. The van der Waals surface area contributed by atoms with E-state index in [4.69, 9.17) is 0 Å². The van der Waals surface area contributed by atoms with Crippen molar-refractivity contribution in [3.05, 3.63) is 37.8 Å². The van der Waals surface area contributed by atoms with E-state index < -0.39 is 16.2 Å². The van der Waals surface area contributed by atoms with Crippen molar-refractivity contribution in [2.24, 2.45) is 0 Å². The van der Waals surface area contributed by atoms with E-state index >= 15 is 0 Å². The number of thioether (sulfide) groups is 1. The highest BCUT2D eigenvalue weighted by atomic mass is 32.2. The van der Waals surface area contributed by atoms with Gasteiger partial charge in [-0.3, -0.25) is 19.7 Å². The van der Waals surface area contributed by atoms with Gasteiger partial charge in [-0.1, -0.05) is 23.6 Å². The number of hydrogen-bond acceptors (Lipinski definition) is 5. The fourth-order valence-corrected chi connectivity index (χ4v) is 1.86. The summed E-state index contributed by atoms with van der Waals surface area (Å²) >= 11 is 1.17. The number of H-pyrrole nitrogens is 1. The first kappa shape index (κ1) is 15.0. The average molecular weight is 280 g/mol. The highest BCUT2D eigenvalue weighted by Crippen LogP contribution is 2.14. The molecular weight excluding hydrogens is 268 g/mol. The van der Waals surface area contributed by atoms with Gasteiger partial charge in [-0.2, -0.15) is 0 Å². The van der Waals surface area contributed by atoms with Gasteiger partial charge in [-0.25, -0.2) is 0 Å². The normalized spacial score (nSPS) is 9.58. The summed E-state index contributed by atoms with van der Waals surface area (Å²) in [6.45, 7) is 2.97. The summed E-state index contributed by atoms with van der Waals surface area (Å²) in [6.07, 6.45) is 1.85. The van der Waals surface area contributed by atoms with Gasteiger partial charge < -0.3 is 4.98 Å². The van der Waals surface area contributed by atoms with Gasteiger partial charge in [0.2, 0.25) is 0 Å². The Balaban J connectivity index is 2.89. The standard InChI is InChI=1S/C12H12N2O4S/c1-8-10(5-3-4-6-19-9(2)15)7-13-12(16)11(8)14(17)18/h7H,4,6H2,1-2H3,(H,13,16). The molecular formula is C12H12N2O4S. The van der Waals surface area contributed by atoms with E-state index in [0.717, 1.165) is 0 Å². The molecule has 1 heterocycles. The lowest BCUT2D eigenvalue weighted by Gasteiger charge is -1.98. The number of carbonyl (C=O) groups excluding carboxylic acids is 1. The molecule has 0 aliphatic carbocycles. The lowest BCUT2D eigenvalue weighted by atomic mass is 10.1. The summed E-state index contributed by atoms with van der Waals surface area (Å²) in [5, 5.41) is 10.8. The smallest absolute Gasteiger partial charge is 0.322 e. The van der Waals surface area contributed by atoms with Crippen LogP contribution in [-0.2, 0) is 4.79 Å². The number of nitrogens with one attached hydrogen (secondary N) is 1. The summed E-state index contributed by atoms with van der Waals surface area (Å²) < 4.78 is 0. The average Bonchev–Trinajstić information content (AvgIpc) is 2.30. The van der Waals surface area contributed by atoms with Crippen molar-refractivity contribution < 1.29 is 9.72 Å². The van der Waals surface area contributed by atoms with Crippen LogP contribution in [0.2, 0.25) is 0 Å². The third-order valence-electron chi connectivity index (χ3n) is 2.26. The molecule has 19 heavy (non-hydrogen) atoms. The minimum absolute atomic E-state index is 0.0256. The zero-order chi connectivity index (χ0) is 14.4. The van der Waals surface area contributed by atoms with Gasteiger partial charge >= 0.3 is 11.2 Å². The zero-order valence-electron chi connectivity index (χ0n) is 10.5. The molecule has 0 spiro atoms. The van der Waals surface area contributed by atoms with Gasteiger partial charge in [-0.05, 0) is 6.92 Å². The molecule has 7 heteroatoms. The van der Waals surface area contributed by atoms with Gasteiger partial charge in [0.05, 0.1) is 10.5 Å². The monoisotopic (exact) mass is 280 g/mol. The van der Waals surface area contributed by atoms with Crippen LogP contribution in [-0.4, -0.2) is 20.8 Å². The van der Waals surface area contributed by atoms with Crippen molar-refractivity contribution in [3.8, 4) is 11.8 Å². The maximum absolute atomic E-state index is 11.3. The van der Waals surface area contributed by atoms with Gasteiger partial charge in [0.1, 0.15) is 0 Å². The second kappa shape index (κ2) is 6.75. The van der Waals surface area contributed by atoms with Crippen molar-refractivity contribution in [3.63, 3.8) is 0 Å². The fourth-order valence-electron chi connectivity index (χ4n) is 1.37. The van der Waals surface area contributed by atoms with Gasteiger partial charge in [-0.15, -0.1) is 0 Å². The van der Waals surface area contributed by atoms with Crippen molar-refractivity contribution in [2.75, 3.05) is 5.75 Å². The molecule has 0 amide bonds. The highest BCUT2D eigenvalue weighted by Gasteiger charge is 2.18. The van der Waals surface area contributed by atoms with Crippen LogP contribution in [0.25, 0.3) is 0 Å². The summed E-state index contributed by atoms with van der Waals surface area (Å²) in [7, 11) is 0. The van der Waals surface area contributed by atoms with E-state index in [2.05, 4.69) is 16.8 Å². The van der Waals surface area contributed by atoms with Crippen LogP contribution in [0, 0.1) is 28.9 Å². The van der Waals surface area contributed by atoms with Crippen molar-refractivity contribution in [1.82, 2.24) is 4.98 Å². The summed E-state index contributed by atoms with van der Waals surface area (Å²) in [4.78, 5) is 34.3. The Kier molecular flexibility index (Phi) is 5.33. The summed E-state index contributed by atoms with van der Waals surface area (Å²) in [6, 6.07) is 0. The van der Waals surface area contributed by atoms with E-state index in [0.29, 0.717) is 17.7 Å². The summed E-state index contributed by atoms with van der Waals surface area (Å²) in [5.41, 5.74) is -0.551. The molecule has 0 radical (unpaired) electrons. The number of hydrogen-bond donors (Lipinski definition) is 1. The lowest BCUT2D eigenvalue weighted by molar-refractivity contribution is -0.386. The number of carbonyl (C=O) groups is 1. The van der Waals surface area contributed by atoms with Crippen molar-refractivity contribution >= 4 is 22.6 Å². The largest absolute Gasteiger partial charge is 0.337 e. The van der Waals surface area contributed by atoms with E-state index in [1.165, 1.54) is 31.8 Å². The minimum atomic E-state index is -0.736. The van der Waals surface area contributed by atoms with Gasteiger partial charge in [0, 0.05) is 30.9 Å². The highest BCUT2D eigenvalue weighted by molar-refractivity contribution is 8.13. The Morgan fingerprint density at radius 3 is 2.84 bits per heavy atom. The van der Waals surface area contributed by atoms with Gasteiger partial charge in [0.15, 0.2) is 5.12 Å². The zero-order valence-corrected chi connectivity index (χ0v) is 11.3. The first-order chi connectivity index (χ1) is 8.93. The first-order valence-corrected chi connectivity index (χ1v) is 6.41. The Morgan fingerprint density at radius 2 is 2.26 bits per heavy atom. The predicted molar refractivity (Wildman–Crippen MR) is 73.1 cm³/mol.